The van der Waals surface area contributed by atoms with Crippen molar-refractivity contribution in [2.45, 2.75) is 6.92 Å². The molecule has 0 N–H and O–H groups in total. The van der Waals surface area contributed by atoms with E-state index in [0.717, 1.165) is 0 Å². The van der Waals surface area contributed by atoms with E-state index in [1.54, 1.807) is 21.3 Å². The molecule has 0 saturated heterocycles. The van der Waals surface area contributed by atoms with E-state index in [1.165, 1.54) is 0 Å². The maximum Gasteiger partial charge on any atom is 0.0701 e. The molecular weight excluding hydrogens is 624 g/mol. The molecule has 0 radical (unpaired) electrons. The molecule has 0 amide bonds. The van der Waals surface area contributed by atoms with Gasteiger partial charge < -0.3 is 71.1 Å². The first-order valence-electron chi connectivity index (χ1n) is 16.6. The molecule has 0 aliphatic carbocycles. The molecule has 0 aromatic carbocycles. The Labute approximate surface area is 283 Å². The van der Waals surface area contributed by atoms with E-state index in [1.807, 2.05) is 0 Å². The zero-order valence-electron chi connectivity index (χ0n) is 29.7. The van der Waals surface area contributed by atoms with Crippen LogP contribution in [0.5, 0.6) is 0 Å². The second kappa shape index (κ2) is 39.8. The summed E-state index contributed by atoms with van der Waals surface area (Å²) < 4.78 is 81.9. The normalized spacial score (nSPS) is 12.0. The van der Waals surface area contributed by atoms with Crippen LogP contribution in [0, 0.1) is 5.41 Å². The van der Waals surface area contributed by atoms with E-state index in [4.69, 9.17) is 71.1 Å². The number of ether oxygens (including phenoxy) is 15. The molecule has 0 unspecified atom stereocenters. The van der Waals surface area contributed by atoms with Crippen molar-refractivity contribution in [1.29, 1.82) is 0 Å². The van der Waals surface area contributed by atoms with E-state index in [2.05, 4.69) is 6.92 Å². The van der Waals surface area contributed by atoms with Crippen LogP contribution in [-0.2, 0) is 71.1 Å². The van der Waals surface area contributed by atoms with Crippen molar-refractivity contribution in [3.8, 4) is 0 Å². The minimum Gasteiger partial charge on any atom is -0.382 e. The molecule has 0 fully saturated rings. The second-order valence-electron chi connectivity index (χ2n) is 10.5. The predicted molar refractivity (Wildman–Crippen MR) is 174 cm³/mol. The van der Waals surface area contributed by atoms with Crippen LogP contribution in [0.2, 0.25) is 0 Å². The summed E-state index contributed by atoms with van der Waals surface area (Å²) >= 11 is 0. The van der Waals surface area contributed by atoms with Gasteiger partial charge in [0, 0.05) is 26.7 Å². The Morgan fingerprint density at radius 1 is 0.234 bits per heavy atom. The molecule has 15 heteroatoms. The average Bonchev–Trinajstić information content (AvgIpc) is 3.07. The Kier molecular flexibility index (Phi) is 39.3. The zero-order valence-corrected chi connectivity index (χ0v) is 29.7. The monoisotopic (exact) mass is 690 g/mol. The summed E-state index contributed by atoms with van der Waals surface area (Å²) in [6.07, 6.45) is 0. The van der Waals surface area contributed by atoms with E-state index in [0.29, 0.717) is 178 Å². The van der Waals surface area contributed by atoms with E-state index >= 15 is 0 Å². The maximum atomic E-state index is 5.92. The van der Waals surface area contributed by atoms with Gasteiger partial charge in [-0.3, -0.25) is 0 Å². The Morgan fingerprint density at radius 3 is 0.553 bits per heavy atom. The first kappa shape index (κ1) is 46.4. The van der Waals surface area contributed by atoms with Crippen molar-refractivity contribution in [1.82, 2.24) is 0 Å². The van der Waals surface area contributed by atoms with Gasteiger partial charge in [0.15, 0.2) is 0 Å². The topological polar surface area (TPSA) is 138 Å². The summed E-state index contributed by atoms with van der Waals surface area (Å²) in [6, 6.07) is 0. The highest BCUT2D eigenvalue weighted by molar-refractivity contribution is 4.73. The third-order valence-corrected chi connectivity index (χ3v) is 6.00. The molecule has 0 aliphatic rings. The lowest BCUT2D eigenvalue weighted by Gasteiger charge is -2.29. The molecular formula is C32H66O15. The third-order valence-electron chi connectivity index (χ3n) is 6.00. The van der Waals surface area contributed by atoms with Crippen LogP contribution in [0.25, 0.3) is 0 Å². The summed E-state index contributed by atoms with van der Waals surface area (Å²) in [5, 5.41) is 0. The minimum atomic E-state index is -0.357. The van der Waals surface area contributed by atoms with Crippen molar-refractivity contribution in [3.63, 3.8) is 0 Å². The number of rotatable bonds is 42. The van der Waals surface area contributed by atoms with Crippen LogP contribution >= 0.6 is 0 Å². The van der Waals surface area contributed by atoms with Gasteiger partial charge in [0.05, 0.1) is 178 Å². The quantitative estimate of drug-likeness (QED) is 0.0846. The lowest BCUT2D eigenvalue weighted by atomic mass is 9.94. The summed E-state index contributed by atoms with van der Waals surface area (Å²) in [6.45, 7) is 15.8. The van der Waals surface area contributed by atoms with E-state index in [-0.39, 0.29) is 5.41 Å². The molecule has 47 heavy (non-hydrogen) atoms. The highest BCUT2D eigenvalue weighted by Gasteiger charge is 2.26. The van der Waals surface area contributed by atoms with Gasteiger partial charge in [-0.1, -0.05) is 6.92 Å². The first-order valence-corrected chi connectivity index (χ1v) is 16.6. The molecule has 0 atom stereocenters. The van der Waals surface area contributed by atoms with Gasteiger partial charge in [-0.2, -0.15) is 0 Å². The predicted octanol–water partition coefficient (Wildman–Crippen LogP) is 1.13. The van der Waals surface area contributed by atoms with Crippen LogP contribution in [-0.4, -0.2) is 200 Å². The summed E-state index contributed by atoms with van der Waals surface area (Å²) in [5.41, 5.74) is -0.357. The Morgan fingerprint density at radius 2 is 0.383 bits per heavy atom. The van der Waals surface area contributed by atoms with Gasteiger partial charge in [-0.25, -0.2) is 0 Å². The summed E-state index contributed by atoms with van der Waals surface area (Å²) in [7, 11) is 4.93. The molecule has 0 spiro atoms. The highest BCUT2D eigenvalue weighted by Crippen LogP contribution is 2.18. The van der Waals surface area contributed by atoms with Crippen LogP contribution in [0.15, 0.2) is 0 Å². The SMILES string of the molecule is COCCOCCOCCOCCOCC(C)(COCCOCCOCCOCCOC)COCCOCCOCCOCCOC. The van der Waals surface area contributed by atoms with E-state index in [9.17, 15) is 0 Å². The fourth-order valence-electron chi connectivity index (χ4n) is 3.49. The van der Waals surface area contributed by atoms with Crippen LogP contribution < -0.4 is 0 Å². The average molecular weight is 691 g/mol. The van der Waals surface area contributed by atoms with Gasteiger partial charge >= 0.3 is 0 Å². The van der Waals surface area contributed by atoms with Crippen LogP contribution in [0.1, 0.15) is 6.92 Å². The fourth-order valence-corrected chi connectivity index (χ4v) is 3.49. The third kappa shape index (κ3) is 38.1. The molecule has 0 saturated carbocycles. The van der Waals surface area contributed by atoms with Crippen molar-refractivity contribution in [2.24, 2.45) is 5.41 Å². The lowest BCUT2D eigenvalue weighted by Crippen LogP contribution is -2.35. The van der Waals surface area contributed by atoms with Gasteiger partial charge in [0.1, 0.15) is 0 Å². The number of hydrogen-bond donors (Lipinski definition) is 0. The largest absolute Gasteiger partial charge is 0.382 e. The standard InChI is InChI=1S/C32H66O15/c1-32(29-45-26-23-42-20-17-39-14-11-36-8-5-33-2,30-46-27-24-43-21-18-40-15-12-37-9-6-34-3)31-47-28-25-44-22-19-41-16-13-38-10-7-35-4/h5-31H2,1-4H3. The molecule has 0 rings (SSSR count). The van der Waals surface area contributed by atoms with Crippen LogP contribution in [0.3, 0.4) is 0 Å². The fraction of sp³-hybridized carbons (Fsp3) is 1.00. The Balaban J connectivity index is 4.07. The zero-order chi connectivity index (χ0) is 34.2. The first-order chi connectivity index (χ1) is 23.2. The number of hydrogen-bond acceptors (Lipinski definition) is 15. The minimum absolute atomic E-state index is 0.357. The van der Waals surface area contributed by atoms with Crippen LogP contribution in [0.4, 0.5) is 0 Å². The summed E-state index contributed by atoms with van der Waals surface area (Å²) in [5.74, 6) is 0. The second-order valence-corrected chi connectivity index (χ2v) is 10.5. The molecule has 0 aromatic rings. The summed E-state index contributed by atoms with van der Waals surface area (Å²) in [4.78, 5) is 0. The highest BCUT2D eigenvalue weighted by atomic mass is 16.6. The van der Waals surface area contributed by atoms with Crippen molar-refractivity contribution in [3.05, 3.63) is 0 Å². The maximum absolute atomic E-state index is 5.92. The van der Waals surface area contributed by atoms with Crippen molar-refractivity contribution >= 4 is 0 Å². The van der Waals surface area contributed by atoms with Gasteiger partial charge in [-0.05, 0) is 0 Å². The molecule has 0 aromatic heterocycles. The molecule has 0 aliphatic heterocycles. The molecule has 284 valence electrons. The van der Waals surface area contributed by atoms with Gasteiger partial charge in [0.2, 0.25) is 0 Å². The number of methoxy groups -OCH3 is 3. The van der Waals surface area contributed by atoms with E-state index < -0.39 is 0 Å². The molecule has 0 heterocycles. The van der Waals surface area contributed by atoms with Crippen molar-refractivity contribution in [2.75, 3.05) is 200 Å². The van der Waals surface area contributed by atoms with Gasteiger partial charge in [-0.15, -0.1) is 0 Å². The molecule has 0 bridgehead atoms. The smallest absolute Gasteiger partial charge is 0.0701 e. The Bertz CT molecular complexity index is 503. The molecule has 15 nitrogen and oxygen atoms in total. The Hall–Kier alpha value is -0.600. The lowest BCUT2D eigenvalue weighted by molar-refractivity contribution is -0.0835. The van der Waals surface area contributed by atoms with Gasteiger partial charge in [0.25, 0.3) is 0 Å². The van der Waals surface area contributed by atoms with Crippen molar-refractivity contribution < 1.29 is 71.1 Å².